The van der Waals surface area contributed by atoms with E-state index in [1.165, 1.54) is 12.8 Å². The number of rotatable bonds is 6. The minimum atomic E-state index is -0.472. The smallest absolute Gasteiger partial charge is 0.312 e. The van der Waals surface area contributed by atoms with Crippen molar-refractivity contribution in [2.24, 2.45) is 0 Å². The topological polar surface area (TPSA) is 69.7 Å². The van der Waals surface area contributed by atoms with Gasteiger partial charge in [-0.25, -0.2) is 0 Å². The lowest BCUT2D eigenvalue weighted by Gasteiger charge is -2.33. The highest BCUT2D eigenvalue weighted by Gasteiger charge is 2.32. The van der Waals surface area contributed by atoms with Gasteiger partial charge in [-0.3, -0.25) is 14.4 Å². The maximum absolute atomic E-state index is 12.6. The van der Waals surface area contributed by atoms with Crippen LogP contribution < -0.4 is 5.32 Å². The highest BCUT2D eigenvalue weighted by Crippen LogP contribution is 2.19. The zero-order valence-corrected chi connectivity index (χ0v) is 17.0. The van der Waals surface area contributed by atoms with E-state index in [1.807, 2.05) is 42.5 Å². The average molecular weight is 405 g/mol. The molecule has 3 amide bonds. The third-order valence-corrected chi connectivity index (χ3v) is 5.89. The molecule has 4 rings (SSSR count). The predicted molar refractivity (Wildman–Crippen MR) is 113 cm³/mol. The normalized spacial score (nSPS) is 17.5. The van der Waals surface area contributed by atoms with E-state index in [2.05, 4.69) is 5.32 Å². The number of nitrogens with zero attached hydrogens (tertiary/aromatic N) is 2. The second kappa shape index (κ2) is 9.11. The number of hydrogen-bond donors (Lipinski definition) is 1. The maximum atomic E-state index is 12.6. The van der Waals surface area contributed by atoms with E-state index < -0.39 is 11.8 Å². The minimum Gasteiger partial charge on any atom is -0.349 e. The summed E-state index contributed by atoms with van der Waals surface area (Å²) < 4.78 is 0. The van der Waals surface area contributed by atoms with E-state index in [-0.39, 0.29) is 11.9 Å². The first-order valence-corrected chi connectivity index (χ1v) is 10.6. The number of carbonyl (C=O) groups excluding carboxylic acids is 3. The summed E-state index contributed by atoms with van der Waals surface area (Å²) in [6, 6.07) is 17.3. The van der Waals surface area contributed by atoms with Crippen molar-refractivity contribution in [3.8, 4) is 0 Å². The van der Waals surface area contributed by atoms with Crippen LogP contribution in [-0.2, 0) is 22.7 Å². The van der Waals surface area contributed by atoms with Gasteiger partial charge < -0.3 is 15.1 Å². The Balaban J connectivity index is 1.32. The molecule has 2 aromatic rings. The fraction of sp³-hybridized carbons (Fsp3) is 0.375. The van der Waals surface area contributed by atoms with E-state index >= 15 is 0 Å². The third kappa shape index (κ3) is 4.70. The lowest BCUT2D eigenvalue weighted by Crippen LogP contribution is -2.53. The van der Waals surface area contributed by atoms with E-state index in [4.69, 9.17) is 0 Å². The van der Waals surface area contributed by atoms with Crippen LogP contribution in [0.4, 0.5) is 0 Å². The predicted octanol–water partition coefficient (Wildman–Crippen LogP) is 2.73. The molecule has 30 heavy (non-hydrogen) atoms. The number of nitrogens with one attached hydrogen (secondary N) is 1. The maximum Gasteiger partial charge on any atom is 0.312 e. The average Bonchev–Trinajstić information content (AvgIpc) is 3.28. The lowest BCUT2D eigenvalue weighted by atomic mass is 10.1. The Bertz CT molecular complexity index is 905. The quantitative estimate of drug-likeness (QED) is 0.752. The first kappa shape index (κ1) is 20.1. The van der Waals surface area contributed by atoms with Gasteiger partial charge in [0.1, 0.15) is 0 Å². The molecule has 0 unspecified atom stereocenters. The third-order valence-electron chi connectivity index (χ3n) is 5.89. The summed E-state index contributed by atoms with van der Waals surface area (Å²) in [5, 5.41) is 3.08. The van der Waals surface area contributed by atoms with Crippen molar-refractivity contribution in [1.29, 1.82) is 0 Å². The van der Waals surface area contributed by atoms with Gasteiger partial charge in [0, 0.05) is 37.8 Å². The van der Waals surface area contributed by atoms with Gasteiger partial charge in [-0.15, -0.1) is 0 Å². The first-order chi connectivity index (χ1) is 14.6. The van der Waals surface area contributed by atoms with Gasteiger partial charge in [0.15, 0.2) is 0 Å². The zero-order chi connectivity index (χ0) is 20.9. The fourth-order valence-electron chi connectivity index (χ4n) is 4.14. The van der Waals surface area contributed by atoms with E-state index in [1.54, 1.807) is 21.9 Å². The lowest BCUT2D eigenvalue weighted by molar-refractivity contribution is -0.156. The van der Waals surface area contributed by atoms with Crippen LogP contribution in [0, 0.1) is 0 Å². The van der Waals surface area contributed by atoms with E-state index in [9.17, 15) is 14.4 Å². The number of hydrogen-bond acceptors (Lipinski definition) is 3. The molecule has 1 heterocycles. The van der Waals surface area contributed by atoms with Crippen molar-refractivity contribution in [2.75, 3.05) is 13.1 Å². The van der Waals surface area contributed by atoms with Crippen molar-refractivity contribution in [2.45, 2.75) is 44.8 Å². The second-order valence-electron chi connectivity index (χ2n) is 8.09. The second-order valence-corrected chi connectivity index (χ2v) is 8.09. The van der Waals surface area contributed by atoms with Crippen LogP contribution in [0.25, 0.3) is 0 Å². The number of benzene rings is 2. The molecule has 2 fully saturated rings. The van der Waals surface area contributed by atoms with Crippen LogP contribution in [0.5, 0.6) is 0 Å². The molecule has 2 aliphatic rings. The number of amides is 3. The molecule has 0 atom stereocenters. The summed E-state index contributed by atoms with van der Waals surface area (Å²) >= 11 is 0. The van der Waals surface area contributed by atoms with E-state index in [0.717, 1.165) is 24.0 Å². The standard InChI is InChI=1S/C24H27N3O3/c28-22(25-21-8-4-5-9-21)20-12-10-19(11-13-20)17-27-15-14-26(23(29)24(27)30)16-18-6-2-1-3-7-18/h1-3,6-7,10-13,21H,4-5,8-9,14-17H2,(H,25,28). The molecule has 0 aromatic heterocycles. The molecule has 0 bridgehead atoms. The summed E-state index contributed by atoms with van der Waals surface area (Å²) in [4.78, 5) is 40.6. The molecule has 1 aliphatic heterocycles. The Morgan fingerprint density at radius 1 is 0.800 bits per heavy atom. The Labute approximate surface area is 176 Å². The first-order valence-electron chi connectivity index (χ1n) is 10.6. The largest absolute Gasteiger partial charge is 0.349 e. The van der Waals surface area contributed by atoms with Crippen LogP contribution in [0.2, 0.25) is 0 Å². The van der Waals surface area contributed by atoms with Crippen molar-refractivity contribution >= 4 is 17.7 Å². The van der Waals surface area contributed by atoms with Gasteiger partial charge in [0.25, 0.3) is 5.91 Å². The molecule has 6 nitrogen and oxygen atoms in total. The molecule has 6 heteroatoms. The summed E-state index contributed by atoms with van der Waals surface area (Å²) in [6.07, 6.45) is 4.46. The summed E-state index contributed by atoms with van der Waals surface area (Å²) in [7, 11) is 0. The Morgan fingerprint density at radius 3 is 1.90 bits per heavy atom. The summed E-state index contributed by atoms with van der Waals surface area (Å²) in [5.74, 6) is -0.980. The van der Waals surface area contributed by atoms with Crippen LogP contribution in [0.3, 0.4) is 0 Å². The Hall–Kier alpha value is -3.15. The number of piperazine rings is 1. The highest BCUT2D eigenvalue weighted by molar-refractivity contribution is 6.35. The van der Waals surface area contributed by atoms with Crippen LogP contribution in [0.1, 0.15) is 47.2 Å². The van der Waals surface area contributed by atoms with Crippen LogP contribution in [-0.4, -0.2) is 46.7 Å². The molecule has 1 N–H and O–H groups in total. The highest BCUT2D eigenvalue weighted by atomic mass is 16.2. The van der Waals surface area contributed by atoms with Crippen molar-refractivity contribution in [3.63, 3.8) is 0 Å². The van der Waals surface area contributed by atoms with Crippen molar-refractivity contribution in [1.82, 2.24) is 15.1 Å². The molecule has 2 aromatic carbocycles. The summed E-state index contributed by atoms with van der Waals surface area (Å²) in [5.41, 5.74) is 2.55. The molecule has 0 radical (unpaired) electrons. The molecular formula is C24H27N3O3. The molecular weight excluding hydrogens is 378 g/mol. The van der Waals surface area contributed by atoms with Gasteiger partial charge in [0.2, 0.25) is 0 Å². The molecule has 156 valence electrons. The van der Waals surface area contributed by atoms with E-state index in [0.29, 0.717) is 31.7 Å². The monoisotopic (exact) mass is 405 g/mol. The molecule has 1 saturated carbocycles. The zero-order valence-electron chi connectivity index (χ0n) is 17.0. The summed E-state index contributed by atoms with van der Waals surface area (Å²) in [6.45, 7) is 1.83. The van der Waals surface area contributed by atoms with Crippen LogP contribution >= 0.6 is 0 Å². The van der Waals surface area contributed by atoms with Gasteiger partial charge in [0.05, 0.1) is 0 Å². The van der Waals surface area contributed by atoms with Gasteiger partial charge in [-0.1, -0.05) is 55.3 Å². The van der Waals surface area contributed by atoms with Crippen molar-refractivity contribution < 1.29 is 14.4 Å². The molecule has 0 spiro atoms. The van der Waals surface area contributed by atoms with Gasteiger partial charge in [-0.05, 0) is 36.1 Å². The SMILES string of the molecule is O=C(NC1CCCC1)c1ccc(CN2CCN(Cc3ccccc3)C(=O)C2=O)cc1. The Morgan fingerprint density at radius 2 is 1.33 bits per heavy atom. The molecule has 1 aliphatic carbocycles. The minimum absolute atomic E-state index is 0.0470. The van der Waals surface area contributed by atoms with Crippen LogP contribution in [0.15, 0.2) is 54.6 Å². The van der Waals surface area contributed by atoms with Crippen molar-refractivity contribution in [3.05, 3.63) is 71.3 Å². The van der Waals surface area contributed by atoms with Gasteiger partial charge >= 0.3 is 11.8 Å². The Kier molecular flexibility index (Phi) is 6.12. The fourth-order valence-corrected chi connectivity index (χ4v) is 4.14. The number of carbonyl (C=O) groups is 3. The molecule has 1 saturated heterocycles. The van der Waals surface area contributed by atoms with Gasteiger partial charge in [-0.2, -0.15) is 0 Å².